The first-order chi connectivity index (χ1) is 16.0. The van der Waals surface area contributed by atoms with Crippen molar-refractivity contribution in [1.82, 2.24) is 5.09 Å². The molecule has 14 heteroatoms. The predicted molar refractivity (Wildman–Crippen MR) is 108 cm³/mol. The van der Waals surface area contributed by atoms with Crippen LogP contribution >= 0.6 is 7.75 Å². The molecule has 0 saturated carbocycles. The summed E-state index contributed by atoms with van der Waals surface area (Å²) in [5, 5.41) is 2.07. The van der Waals surface area contributed by atoms with Gasteiger partial charge >= 0.3 is 13.7 Å². The molecule has 1 unspecified atom stereocenters. The fourth-order valence-electron chi connectivity index (χ4n) is 2.52. The molecular weight excluding hydrogens is 492 g/mol. The maximum absolute atomic E-state index is 14.1. The fourth-order valence-corrected chi connectivity index (χ4v) is 4.04. The van der Waals surface area contributed by atoms with E-state index in [-0.39, 0.29) is 19.0 Å². The second-order valence-corrected chi connectivity index (χ2v) is 8.33. The summed E-state index contributed by atoms with van der Waals surface area (Å²) in [6.45, 7) is 1.04. The Morgan fingerprint density at radius 1 is 0.882 bits per heavy atom. The molecule has 0 heterocycles. The maximum atomic E-state index is 14.1. The number of carbonyl (C=O) groups excluding carboxylic acids is 1. The first-order valence-corrected chi connectivity index (χ1v) is 11.1. The zero-order valence-corrected chi connectivity index (χ0v) is 19.0. The minimum atomic E-state index is -5.01. The smallest absolute Gasteiger partial charge is 0.456 e. The molecule has 2 atom stereocenters. The van der Waals surface area contributed by atoms with E-state index in [1.807, 2.05) is 0 Å². The highest BCUT2D eigenvalue weighted by Crippen LogP contribution is 2.47. The molecular formula is C20H21F5NO7P. The molecule has 0 aliphatic rings. The van der Waals surface area contributed by atoms with E-state index < -0.39 is 60.7 Å². The number of hydrogen-bond donors (Lipinski definition) is 1. The van der Waals surface area contributed by atoms with Crippen molar-refractivity contribution in [3.8, 4) is 11.5 Å². The lowest BCUT2D eigenvalue weighted by molar-refractivity contribution is -0.156. The molecule has 0 aliphatic carbocycles. The Bertz CT molecular complexity index is 1010. The highest BCUT2D eigenvalue weighted by Gasteiger charge is 2.38. The Labute approximate surface area is 191 Å². The predicted octanol–water partition coefficient (Wildman–Crippen LogP) is 4.13. The zero-order chi connectivity index (χ0) is 25.5. The van der Waals surface area contributed by atoms with E-state index in [1.54, 1.807) is 6.07 Å². The van der Waals surface area contributed by atoms with E-state index in [2.05, 4.69) is 9.61 Å². The Kier molecular flexibility index (Phi) is 9.80. The maximum Gasteiger partial charge on any atom is 0.513 e. The lowest BCUT2D eigenvalue weighted by atomic mass is 10.3. The molecule has 0 saturated heterocycles. The number of rotatable bonds is 12. The summed E-state index contributed by atoms with van der Waals surface area (Å²) in [6, 6.07) is 5.47. The average molecular weight is 513 g/mol. The largest absolute Gasteiger partial charge is 0.513 e. The summed E-state index contributed by atoms with van der Waals surface area (Å²) in [6.07, 6.45) is -0.864. The second kappa shape index (κ2) is 12.1. The van der Waals surface area contributed by atoms with Gasteiger partial charge in [0.15, 0.2) is 0 Å². The molecule has 0 amide bonds. The molecule has 0 radical (unpaired) electrons. The number of halogens is 5. The molecule has 2 rings (SSSR count). The van der Waals surface area contributed by atoms with Crippen molar-refractivity contribution in [2.24, 2.45) is 0 Å². The van der Waals surface area contributed by atoms with Crippen molar-refractivity contribution >= 4 is 13.7 Å². The van der Waals surface area contributed by atoms with Crippen molar-refractivity contribution in [3.05, 3.63) is 59.4 Å². The van der Waals surface area contributed by atoms with Crippen LogP contribution in [0.3, 0.4) is 0 Å². The molecule has 1 N–H and O–H groups in total. The Morgan fingerprint density at radius 2 is 1.38 bits per heavy atom. The molecule has 0 spiro atoms. The third-order valence-corrected chi connectivity index (χ3v) is 5.62. The number of para-hydroxylation sites is 1. The molecule has 0 aromatic heterocycles. The van der Waals surface area contributed by atoms with E-state index in [0.717, 1.165) is 6.92 Å². The van der Waals surface area contributed by atoms with Gasteiger partial charge in [-0.2, -0.15) is 13.9 Å². The van der Waals surface area contributed by atoms with Gasteiger partial charge in [-0.15, -0.1) is 0 Å². The molecule has 8 nitrogen and oxygen atoms in total. The highest BCUT2D eigenvalue weighted by molar-refractivity contribution is 7.52. The zero-order valence-electron chi connectivity index (χ0n) is 18.2. The summed E-state index contributed by atoms with van der Waals surface area (Å²) in [4.78, 5) is 12.4. The number of methoxy groups -OCH3 is 2. The van der Waals surface area contributed by atoms with Crippen molar-refractivity contribution in [1.29, 1.82) is 0 Å². The minimum absolute atomic E-state index is 0.0501. The second-order valence-electron chi connectivity index (χ2n) is 6.71. The van der Waals surface area contributed by atoms with Gasteiger partial charge in [0.05, 0.1) is 13.2 Å². The summed E-state index contributed by atoms with van der Waals surface area (Å²) in [5.74, 6) is -14.9. The van der Waals surface area contributed by atoms with Crippen LogP contribution in [0.5, 0.6) is 11.5 Å². The molecule has 0 fully saturated rings. The summed E-state index contributed by atoms with van der Waals surface area (Å²) in [5.41, 5.74) is 0. The Hall–Kier alpha value is -2.73. The monoisotopic (exact) mass is 513 g/mol. The third kappa shape index (κ3) is 6.89. The molecule has 0 aliphatic heterocycles. The van der Waals surface area contributed by atoms with Crippen LogP contribution in [0.4, 0.5) is 22.0 Å². The lowest BCUT2D eigenvalue weighted by Gasteiger charge is -2.25. The van der Waals surface area contributed by atoms with Gasteiger partial charge in [0.25, 0.3) is 0 Å². The van der Waals surface area contributed by atoms with E-state index in [4.69, 9.17) is 18.7 Å². The number of carbonyl (C=O) groups is 1. The minimum Gasteiger partial charge on any atom is -0.456 e. The van der Waals surface area contributed by atoms with E-state index in [1.165, 1.54) is 38.5 Å². The van der Waals surface area contributed by atoms with Gasteiger partial charge < -0.3 is 23.3 Å². The number of benzene rings is 2. The average Bonchev–Trinajstić information content (AvgIpc) is 2.80. The number of ether oxygens (including phenoxy) is 3. The highest BCUT2D eigenvalue weighted by atomic mass is 31.2. The number of hydrogen-bond acceptors (Lipinski definition) is 7. The summed E-state index contributed by atoms with van der Waals surface area (Å²) in [7, 11) is -2.31. The SMILES string of the molecule is COCC(COC)OC(=O)[C@H](C)NP(=O)(Oc1ccccc1)Oc1c(F)c(F)c(F)c(F)c1F. The van der Waals surface area contributed by atoms with Crippen LogP contribution in [0.1, 0.15) is 6.92 Å². The normalized spacial score (nSPS) is 13.9. The van der Waals surface area contributed by atoms with Gasteiger partial charge in [0.2, 0.25) is 34.8 Å². The Morgan fingerprint density at radius 3 is 1.88 bits per heavy atom. The van der Waals surface area contributed by atoms with Crippen molar-refractivity contribution in [2.45, 2.75) is 19.1 Å². The van der Waals surface area contributed by atoms with Gasteiger partial charge in [0.1, 0.15) is 17.9 Å². The number of esters is 1. The fraction of sp³-hybridized carbons (Fsp3) is 0.350. The lowest BCUT2D eigenvalue weighted by Crippen LogP contribution is -2.39. The van der Waals surface area contributed by atoms with E-state index in [9.17, 15) is 31.3 Å². The van der Waals surface area contributed by atoms with Gasteiger partial charge in [-0.3, -0.25) is 4.79 Å². The molecule has 2 aromatic carbocycles. The van der Waals surface area contributed by atoms with Gasteiger partial charge in [-0.1, -0.05) is 18.2 Å². The van der Waals surface area contributed by atoms with Gasteiger partial charge in [-0.25, -0.2) is 17.7 Å². The van der Waals surface area contributed by atoms with Crippen LogP contribution in [0, 0.1) is 29.1 Å². The standard InChI is InChI=1S/C20H21F5NO7P/c1-11(20(27)31-13(9-29-2)10-30-3)26-34(28,32-12-7-5-4-6-8-12)33-19-17(24)15(22)14(21)16(23)18(19)25/h4-8,11,13H,9-10H2,1-3H3,(H,26,28)/t11-,34?/m0/s1. The molecule has 2 aromatic rings. The molecule has 188 valence electrons. The summed E-state index contributed by atoms with van der Waals surface area (Å²) >= 11 is 0. The van der Waals surface area contributed by atoms with Crippen molar-refractivity contribution < 1.29 is 54.6 Å². The molecule has 34 heavy (non-hydrogen) atoms. The van der Waals surface area contributed by atoms with Gasteiger partial charge in [0, 0.05) is 14.2 Å². The Balaban J connectivity index is 2.37. The van der Waals surface area contributed by atoms with Crippen LogP contribution in [0.2, 0.25) is 0 Å². The van der Waals surface area contributed by atoms with Crippen LogP contribution in [0.25, 0.3) is 0 Å². The summed E-state index contributed by atoms with van der Waals surface area (Å²) < 4.78 is 107. The van der Waals surface area contributed by atoms with Crippen LogP contribution in [-0.2, 0) is 23.6 Å². The first-order valence-electron chi connectivity index (χ1n) is 9.54. The quantitative estimate of drug-likeness (QED) is 0.149. The van der Waals surface area contributed by atoms with Gasteiger partial charge in [-0.05, 0) is 19.1 Å². The van der Waals surface area contributed by atoms with Crippen molar-refractivity contribution in [3.63, 3.8) is 0 Å². The van der Waals surface area contributed by atoms with Crippen LogP contribution < -0.4 is 14.1 Å². The van der Waals surface area contributed by atoms with Crippen LogP contribution in [0.15, 0.2) is 30.3 Å². The van der Waals surface area contributed by atoms with E-state index >= 15 is 0 Å². The molecule has 0 bridgehead atoms. The number of nitrogens with one attached hydrogen (secondary N) is 1. The topological polar surface area (TPSA) is 92.3 Å². The van der Waals surface area contributed by atoms with Crippen molar-refractivity contribution in [2.75, 3.05) is 27.4 Å². The van der Waals surface area contributed by atoms with E-state index in [0.29, 0.717) is 0 Å². The van der Waals surface area contributed by atoms with Crippen LogP contribution in [-0.4, -0.2) is 45.5 Å². The third-order valence-electron chi connectivity index (χ3n) is 4.04. The first kappa shape index (κ1) is 27.5.